The number of ether oxygens (including phenoxy) is 2. The van der Waals surface area contributed by atoms with E-state index in [2.05, 4.69) is 9.71 Å². The van der Waals surface area contributed by atoms with E-state index in [0.29, 0.717) is 40.1 Å². The lowest BCUT2D eigenvalue weighted by Gasteiger charge is -2.15. The van der Waals surface area contributed by atoms with Crippen LogP contribution >= 0.6 is 11.9 Å². The number of hydrogen-bond acceptors (Lipinski definition) is 5. The second kappa shape index (κ2) is 10.5. The number of aromatic nitrogens is 1. The van der Waals surface area contributed by atoms with E-state index < -0.39 is 23.7 Å². The van der Waals surface area contributed by atoms with E-state index in [4.69, 9.17) is 9.47 Å². The zero-order valence-electron chi connectivity index (χ0n) is 18.1. The Balaban J connectivity index is 1.80. The van der Waals surface area contributed by atoms with Crippen molar-refractivity contribution in [2.75, 3.05) is 17.6 Å². The Bertz CT molecular complexity index is 1140. The van der Waals surface area contributed by atoms with Crippen molar-refractivity contribution in [2.45, 2.75) is 25.9 Å². The van der Waals surface area contributed by atoms with Crippen molar-refractivity contribution in [1.82, 2.24) is 4.98 Å². The molecule has 0 aliphatic heterocycles. The molecule has 11 heteroatoms. The second-order valence-corrected chi connectivity index (χ2v) is 7.98. The molecule has 1 N–H and O–H groups in total. The molecule has 0 aliphatic rings. The highest BCUT2D eigenvalue weighted by atomic mass is 32.2. The fourth-order valence-corrected chi connectivity index (χ4v) is 3.59. The van der Waals surface area contributed by atoms with Gasteiger partial charge in [0.15, 0.2) is 0 Å². The van der Waals surface area contributed by atoms with Gasteiger partial charge in [0.2, 0.25) is 5.88 Å². The summed E-state index contributed by atoms with van der Waals surface area (Å²) in [7, 11) is 1.36. The molecule has 182 valence electrons. The number of benzene rings is 2. The molecule has 0 bridgehead atoms. The minimum absolute atomic E-state index is 0.0753. The van der Waals surface area contributed by atoms with Gasteiger partial charge in [-0.2, -0.15) is 26.3 Å². The molecule has 1 aromatic heterocycles. The number of pyridine rings is 1. The maximum Gasteiger partial charge on any atom is 0.416 e. The van der Waals surface area contributed by atoms with Crippen LogP contribution in [0.3, 0.4) is 0 Å². The molecular formula is C23H20F6N2O2S. The van der Waals surface area contributed by atoms with Crippen LogP contribution in [0, 0.1) is 6.92 Å². The molecule has 3 rings (SSSR count). The van der Waals surface area contributed by atoms with Crippen molar-refractivity contribution in [1.29, 1.82) is 0 Å². The molecule has 0 unspecified atom stereocenters. The van der Waals surface area contributed by atoms with Gasteiger partial charge >= 0.3 is 12.4 Å². The van der Waals surface area contributed by atoms with Crippen molar-refractivity contribution >= 4 is 17.6 Å². The SMILES string of the molecule is COc1nc(C)c(-c2cccc(OCc3cccc(C(F)(F)F)c3)c2)cc1NSCC(F)(F)F. The largest absolute Gasteiger partial charge is 0.489 e. The quantitative estimate of drug-likeness (QED) is 0.259. The fourth-order valence-electron chi connectivity index (χ4n) is 3.06. The number of hydrogen-bond donors (Lipinski definition) is 1. The lowest BCUT2D eigenvalue weighted by atomic mass is 10.0. The lowest BCUT2D eigenvalue weighted by Crippen LogP contribution is -2.12. The van der Waals surface area contributed by atoms with E-state index in [0.717, 1.165) is 12.1 Å². The Morgan fingerprint density at radius 2 is 1.71 bits per heavy atom. The smallest absolute Gasteiger partial charge is 0.416 e. The fraction of sp³-hybridized carbons (Fsp3) is 0.261. The predicted octanol–water partition coefficient (Wildman–Crippen LogP) is 7.29. The highest BCUT2D eigenvalue weighted by Crippen LogP contribution is 2.35. The Hall–Kier alpha value is -3.08. The first kappa shape index (κ1) is 25.5. The van der Waals surface area contributed by atoms with Crippen molar-refractivity contribution in [3.8, 4) is 22.8 Å². The number of nitrogens with one attached hydrogen (secondary N) is 1. The summed E-state index contributed by atoms with van der Waals surface area (Å²) >= 11 is 0.465. The first-order valence-corrected chi connectivity index (χ1v) is 10.8. The second-order valence-electron chi connectivity index (χ2n) is 7.20. The van der Waals surface area contributed by atoms with Gasteiger partial charge in [-0.3, -0.25) is 0 Å². The van der Waals surface area contributed by atoms with E-state index in [1.54, 1.807) is 37.3 Å². The zero-order chi connectivity index (χ0) is 24.9. The lowest BCUT2D eigenvalue weighted by molar-refractivity contribution is -0.137. The maximum absolute atomic E-state index is 12.9. The molecular weight excluding hydrogens is 482 g/mol. The number of halogens is 6. The molecule has 0 saturated carbocycles. The zero-order valence-corrected chi connectivity index (χ0v) is 18.9. The average Bonchev–Trinajstić information content (AvgIpc) is 2.77. The number of nitrogens with zero attached hydrogens (tertiary/aromatic N) is 1. The number of anilines is 1. The molecule has 4 nitrogen and oxygen atoms in total. The minimum Gasteiger partial charge on any atom is -0.489 e. The third-order valence-corrected chi connectivity index (χ3v) is 5.43. The molecule has 1 heterocycles. The van der Waals surface area contributed by atoms with Crippen molar-refractivity contribution < 1.29 is 35.8 Å². The minimum atomic E-state index is -4.45. The van der Waals surface area contributed by atoms with Gasteiger partial charge in [-0.1, -0.05) is 24.3 Å². The van der Waals surface area contributed by atoms with Gasteiger partial charge in [-0.15, -0.1) is 0 Å². The average molecular weight is 502 g/mol. The van der Waals surface area contributed by atoms with Gasteiger partial charge in [0.05, 0.1) is 12.7 Å². The summed E-state index contributed by atoms with van der Waals surface area (Å²) in [6, 6.07) is 13.3. The molecule has 0 fully saturated rings. The van der Waals surface area contributed by atoms with Crippen LogP contribution < -0.4 is 14.2 Å². The summed E-state index contributed by atoms with van der Waals surface area (Å²) in [5.41, 5.74) is 1.73. The molecule has 0 saturated heterocycles. The van der Waals surface area contributed by atoms with E-state index >= 15 is 0 Å². The Labute approximate surface area is 196 Å². The van der Waals surface area contributed by atoms with Crippen LogP contribution in [0.25, 0.3) is 11.1 Å². The highest BCUT2D eigenvalue weighted by Gasteiger charge is 2.30. The summed E-state index contributed by atoms with van der Waals surface area (Å²) in [4.78, 5) is 4.31. The van der Waals surface area contributed by atoms with Crippen molar-refractivity contribution in [2.24, 2.45) is 0 Å². The molecule has 2 aromatic carbocycles. The van der Waals surface area contributed by atoms with Gasteiger partial charge in [0, 0.05) is 11.3 Å². The Morgan fingerprint density at radius 1 is 0.971 bits per heavy atom. The highest BCUT2D eigenvalue weighted by molar-refractivity contribution is 8.00. The standard InChI is InChI=1S/C23H20F6N2O2S/c1-14-19(11-20(21(30-14)32-2)31-34-13-22(24,25)26)16-6-4-8-18(10-16)33-12-15-5-3-7-17(9-15)23(27,28)29/h3-11,31H,12-13H2,1-2H3. The number of aryl methyl sites for hydroxylation is 1. The summed E-state index contributed by atoms with van der Waals surface area (Å²) in [5.74, 6) is -0.544. The molecule has 34 heavy (non-hydrogen) atoms. The van der Waals surface area contributed by atoms with Gasteiger partial charge in [0.25, 0.3) is 0 Å². The molecule has 0 amide bonds. The maximum atomic E-state index is 12.9. The van der Waals surface area contributed by atoms with Crippen molar-refractivity contribution in [3.05, 3.63) is 71.4 Å². The summed E-state index contributed by atoms with van der Waals surface area (Å²) in [6.45, 7) is 1.65. The van der Waals surface area contributed by atoms with Gasteiger partial charge < -0.3 is 14.2 Å². The van der Waals surface area contributed by atoms with Crippen LogP contribution in [0.5, 0.6) is 11.6 Å². The molecule has 0 radical (unpaired) electrons. The first-order valence-electron chi connectivity index (χ1n) is 9.86. The van der Waals surface area contributed by atoms with Gasteiger partial charge in [-0.05, 0) is 60.3 Å². The third kappa shape index (κ3) is 6.96. The molecule has 0 spiro atoms. The van der Waals surface area contributed by atoms with E-state index in [1.807, 2.05) is 0 Å². The van der Waals surface area contributed by atoms with E-state index in [-0.39, 0.29) is 18.2 Å². The van der Waals surface area contributed by atoms with Crippen LogP contribution in [-0.2, 0) is 12.8 Å². The van der Waals surface area contributed by atoms with E-state index in [9.17, 15) is 26.3 Å². The summed E-state index contributed by atoms with van der Waals surface area (Å²) in [5, 5.41) is 0. The summed E-state index contributed by atoms with van der Waals surface area (Å²) in [6.07, 6.45) is -8.78. The van der Waals surface area contributed by atoms with Crippen LogP contribution in [0.1, 0.15) is 16.8 Å². The number of methoxy groups -OCH3 is 1. The Kier molecular flexibility index (Phi) is 7.86. The van der Waals surface area contributed by atoms with Gasteiger partial charge in [-0.25, -0.2) is 4.98 Å². The van der Waals surface area contributed by atoms with Crippen LogP contribution in [0.4, 0.5) is 32.0 Å². The monoisotopic (exact) mass is 502 g/mol. The third-order valence-electron chi connectivity index (χ3n) is 4.59. The van der Waals surface area contributed by atoms with Crippen LogP contribution in [-0.4, -0.2) is 24.0 Å². The summed E-state index contributed by atoms with van der Waals surface area (Å²) < 4.78 is 89.7. The number of rotatable bonds is 8. The number of alkyl halides is 6. The van der Waals surface area contributed by atoms with Crippen molar-refractivity contribution in [3.63, 3.8) is 0 Å². The predicted molar refractivity (Wildman–Crippen MR) is 119 cm³/mol. The van der Waals surface area contributed by atoms with Crippen LogP contribution in [0.2, 0.25) is 0 Å². The molecule has 0 aliphatic carbocycles. The normalized spacial score (nSPS) is 11.9. The van der Waals surface area contributed by atoms with Crippen LogP contribution in [0.15, 0.2) is 54.6 Å². The van der Waals surface area contributed by atoms with Gasteiger partial charge in [0.1, 0.15) is 23.8 Å². The molecule has 0 atom stereocenters. The Morgan fingerprint density at radius 3 is 2.38 bits per heavy atom. The first-order chi connectivity index (χ1) is 16.0. The molecule has 3 aromatic rings. The van der Waals surface area contributed by atoms with E-state index in [1.165, 1.54) is 19.2 Å². The topological polar surface area (TPSA) is 43.4 Å².